The van der Waals surface area contributed by atoms with Gasteiger partial charge in [0.2, 0.25) is 5.91 Å². The molecule has 2 aromatic carbocycles. The lowest BCUT2D eigenvalue weighted by molar-refractivity contribution is -0.153. The van der Waals surface area contributed by atoms with Gasteiger partial charge in [-0.3, -0.25) is 14.5 Å². The number of nitrogens with zero attached hydrogens (tertiary/aromatic N) is 1. The second kappa shape index (κ2) is 11.5. The van der Waals surface area contributed by atoms with E-state index in [9.17, 15) is 14.4 Å². The van der Waals surface area contributed by atoms with Gasteiger partial charge in [0.05, 0.1) is 13.5 Å². The third-order valence-corrected chi connectivity index (χ3v) is 7.13. The Morgan fingerprint density at radius 2 is 1.89 bits per heavy atom. The molecule has 0 spiro atoms. The first-order chi connectivity index (χ1) is 17.0. The predicted molar refractivity (Wildman–Crippen MR) is 135 cm³/mol. The van der Waals surface area contributed by atoms with Gasteiger partial charge in [-0.2, -0.15) is 0 Å². The summed E-state index contributed by atoms with van der Waals surface area (Å²) < 4.78 is 10.7. The molecular weight excluding hydrogens is 488 g/mol. The molecule has 0 bridgehead atoms. The van der Waals surface area contributed by atoms with Crippen molar-refractivity contribution in [3.8, 4) is 5.75 Å². The molecule has 0 aromatic heterocycles. The van der Waals surface area contributed by atoms with Gasteiger partial charge in [0.15, 0.2) is 0 Å². The zero-order valence-corrected chi connectivity index (χ0v) is 20.7. The van der Waals surface area contributed by atoms with Crippen LogP contribution in [0.3, 0.4) is 0 Å². The smallest absolute Gasteiger partial charge is 0.355 e. The number of methoxy groups -OCH3 is 1. The number of halogens is 1. The van der Waals surface area contributed by atoms with Gasteiger partial charge in [0, 0.05) is 11.6 Å². The zero-order chi connectivity index (χ0) is 24.8. The SMILES string of the molecule is COc1ccc(COC(=O)C2=C(/C=C\CCl)CS[C@@H]3[C@H](NC(=O)Cc4ccccc4)C(=O)N23)cc1. The highest BCUT2D eigenvalue weighted by molar-refractivity contribution is 8.00. The highest BCUT2D eigenvalue weighted by Crippen LogP contribution is 2.41. The van der Waals surface area contributed by atoms with E-state index in [1.54, 1.807) is 43.5 Å². The second-order valence-corrected chi connectivity index (χ2v) is 9.39. The standard InChI is InChI=1S/C26H25ClN2O5S/c1-33-20-11-9-18(10-12-20)15-34-26(32)23-19(8-5-13-27)16-35-25-22(24(31)29(23)25)28-21(30)14-17-6-3-2-4-7-17/h2-12,22,25H,13-16H2,1H3,(H,28,30)/b8-5-/t22-,25-/m1/s1. The van der Waals surface area contributed by atoms with E-state index in [4.69, 9.17) is 21.1 Å². The fourth-order valence-electron chi connectivity index (χ4n) is 3.89. The largest absolute Gasteiger partial charge is 0.497 e. The van der Waals surface area contributed by atoms with Crippen LogP contribution >= 0.6 is 23.4 Å². The minimum atomic E-state index is -0.695. The summed E-state index contributed by atoms with van der Waals surface area (Å²) in [5.41, 5.74) is 2.51. The monoisotopic (exact) mass is 512 g/mol. The quantitative estimate of drug-likeness (QED) is 0.315. The van der Waals surface area contributed by atoms with Crippen LogP contribution in [0.25, 0.3) is 0 Å². The van der Waals surface area contributed by atoms with E-state index in [0.29, 0.717) is 17.1 Å². The van der Waals surface area contributed by atoms with E-state index in [1.807, 2.05) is 30.3 Å². The van der Waals surface area contributed by atoms with Crippen LogP contribution in [0, 0.1) is 0 Å². The van der Waals surface area contributed by atoms with Crippen molar-refractivity contribution in [1.29, 1.82) is 0 Å². The van der Waals surface area contributed by atoms with Gasteiger partial charge in [-0.25, -0.2) is 4.79 Å². The Morgan fingerprint density at radius 3 is 2.57 bits per heavy atom. The Balaban J connectivity index is 1.46. The normalized spacial score (nSPS) is 19.3. The van der Waals surface area contributed by atoms with Gasteiger partial charge in [0.1, 0.15) is 29.5 Å². The number of allylic oxidation sites excluding steroid dienone is 2. The lowest BCUT2D eigenvalue weighted by Crippen LogP contribution is -2.70. The highest BCUT2D eigenvalue weighted by atomic mass is 35.5. The summed E-state index contributed by atoms with van der Waals surface area (Å²) in [4.78, 5) is 40.1. The number of carbonyl (C=O) groups excluding carboxylic acids is 3. The number of thioether (sulfide) groups is 1. The molecule has 4 rings (SSSR count). The van der Waals surface area contributed by atoms with E-state index < -0.39 is 12.0 Å². The minimum Gasteiger partial charge on any atom is -0.497 e. The summed E-state index contributed by atoms with van der Waals surface area (Å²) in [7, 11) is 1.58. The summed E-state index contributed by atoms with van der Waals surface area (Å²) in [5.74, 6) is 0.294. The maximum absolute atomic E-state index is 13.1. The van der Waals surface area contributed by atoms with Crippen LogP contribution in [0.5, 0.6) is 5.75 Å². The number of hydrogen-bond acceptors (Lipinski definition) is 6. The minimum absolute atomic E-state index is 0.0515. The molecular formula is C26H25ClN2O5S. The van der Waals surface area contributed by atoms with Gasteiger partial charge >= 0.3 is 5.97 Å². The molecule has 2 aliphatic rings. The van der Waals surface area contributed by atoms with E-state index >= 15 is 0 Å². The molecule has 1 fully saturated rings. The van der Waals surface area contributed by atoms with Gasteiger partial charge in [0.25, 0.3) is 5.91 Å². The molecule has 182 valence electrons. The van der Waals surface area contributed by atoms with Gasteiger partial charge in [-0.15, -0.1) is 23.4 Å². The Hall–Kier alpha value is -3.23. The first-order valence-electron chi connectivity index (χ1n) is 11.1. The van der Waals surface area contributed by atoms with Crippen LogP contribution in [0.1, 0.15) is 11.1 Å². The summed E-state index contributed by atoms with van der Waals surface area (Å²) >= 11 is 7.29. The molecule has 0 saturated carbocycles. The molecule has 2 amide bonds. The van der Waals surface area contributed by atoms with Crippen LogP contribution in [0.4, 0.5) is 0 Å². The molecule has 2 atom stereocenters. The lowest BCUT2D eigenvalue weighted by atomic mass is 10.0. The average Bonchev–Trinajstić information content (AvgIpc) is 2.89. The number of alkyl halides is 1. The zero-order valence-electron chi connectivity index (χ0n) is 19.1. The molecule has 1 saturated heterocycles. The van der Waals surface area contributed by atoms with E-state index in [0.717, 1.165) is 11.1 Å². The second-order valence-electron chi connectivity index (χ2n) is 7.97. The van der Waals surface area contributed by atoms with Crippen LogP contribution in [0.2, 0.25) is 0 Å². The number of rotatable bonds is 9. The van der Waals surface area contributed by atoms with Crippen LogP contribution < -0.4 is 10.1 Å². The maximum atomic E-state index is 13.1. The number of hydrogen-bond donors (Lipinski definition) is 1. The number of ether oxygens (including phenoxy) is 2. The van der Waals surface area contributed by atoms with Crippen LogP contribution in [0.15, 0.2) is 78.0 Å². The number of carbonyl (C=O) groups is 3. The maximum Gasteiger partial charge on any atom is 0.355 e. The summed E-state index contributed by atoms with van der Waals surface area (Å²) in [6, 6.07) is 15.8. The van der Waals surface area contributed by atoms with Gasteiger partial charge in [-0.1, -0.05) is 54.6 Å². The van der Waals surface area contributed by atoms with E-state index in [1.165, 1.54) is 16.7 Å². The molecule has 2 aliphatic heterocycles. The molecule has 0 radical (unpaired) electrons. The number of β-lactam (4-membered cyclic amide) rings is 1. The molecule has 7 nitrogen and oxygen atoms in total. The summed E-state index contributed by atoms with van der Waals surface area (Å²) in [6.07, 6.45) is 3.64. The van der Waals surface area contributed by atoms with Crippen LogP contribution in [-0.4, -0.2) is 52.8 Å². The van der Waals surface area contributed by atoms with Crippen molar-refractivity contribution in [2.24, 2.45) is 0 Å². The average molecular weight is 513 g/mol. The molecule has 2 heterocycles. The molecule has 9 heteroatoms. The molecule has 0 unspecified atom stereocenters. The Labute approximate surface area is 213 Å². The van der Waals surface area contributed by atoms with Crippen molar-refractivity contribution in [2.45, 2.75) is 24.4 Å². The van der Waals surface area contributed by atoms with Crippen LogP contribution in [-0.2, 0) is 32.1 Å². The first kappa shape index (κ1) is 24.9. The van der Waals surface area contributed by atoms with Crippen molar-refractivity contribution in [1.82, 2.24) is 10.2 Å². The van der Waals surface area contributed by atoms with E-state index in [-0.39, 0.29) is 41.8 Å². The first-order valence-corrected chi connectivity index (χ1v) is 12.6. The van der Waals surface area contributed by atoms with Crippen molar-refractivity contribution in [3.63, 3.8) is 0 Å². The lowest BCUT2D eigenvalue weighted by Gasteiger charge is -2.49. The Morgan fingerprint density at radius 1 is 1.14 bits per heavy atom. The topological polar surface area (TPSA) is 84.9 Å². The van der Waals surface area contributed by atoms with E-state index in [2.05, 4.69) is 5.32 Å². The third kappa shape index (κ3) is 5.71. The molecule has 35 heavy (non-hydrogen) atoms. The Kier molecular flexibility index (Phi) is 8.15. The number of benzene rings is 2. The molecule has 0 aliphatic carbocycles. The van der Waals surface area contributed by atoms with Crippen molar-refractivity contribution in [3.05, 3.63) is 89.1 Å². The molecule has 2 aromatic rings. The molecule has 1 N–H and O–H groups in total. The summed E-state index contributed by atoms with van der Waals surface area (Å²) in [5, 5.41) is 2.45. The number of amides is 2. The van der Waals surface area contributed by atoms with Gasteiger partial charge < -0.3 is 14.8 Å². The number of nitrogens with one attached hydrogen (secondary N) is 1. The fraction of sp³-hybridized carbons (Fsp3) is 0.269. The fourth-order valence-corrected chi connectivity index (χ4v) is 5.30. The third-order valence-electron chi connectivity index (χ3n) is 5.65. The van der Waals surface area contributed by atoms with Crippen molar-refractivity contribution >= 4 is 41.1 Å². The van der Waals surface area contributed by atoms with Crippen molar-refractivity contribution < 1.29 is 23.9 Å². The summed E-state index contributed by atoms with van der Waals surface area (Å²) in [6.45, 7) is 0.0515. The van der Waals surface area contributed by atoms with Gasteiger partial charge in [-0.05, 0) is 28.8 Å². The van der Waals surface area contributed by atoms with Crippen molar-refractivity contribution in [2.75, 3.05) is 18.7 Å². The predicted octanol–water partition coefficient (Wildman–Crippen LogP) is 3.43. The Bertz CT molecular complexity index is 1150. The highest BCUT2D eigenvalue weighted by Gasteiger charge is 2.54. The number of fused-ring (bicyclic) bond motifs is 1. The number of esters is 1.